The van der Waals surface area contributed by atoms with Gasteiger partial charge in [-0.05, 0) is 0 Å². The summed E-state index contributed by atoms with van der Waals surface area (Å²) in [6.45, 7) is 2.06. The molecule has 3 N–H and O–H groups in total. The van der Waals surface area contributed by atoms with Gasteiger partial charge in [0, 0.05) is 5.92 Å². The fraction of sp³-hybridized carbons (Fsp3) is 1.00. The first-order chi connectivity index (χ1) is 6.88. The summed E-state index contributed by atoms with van der Waals surface area (Å²) >= 11 is 0. The van der Waals surface area contributed by atoms with Crippen molar-refractivity contribution < 1.29 is 27.6 Å². The molecule has 0 radical (unpaired) electrons. The predicted molar refractivity (Wildman–Crippen MR) is 48.3 cm³/mol. The van der Waals surface area contributed by atoms with Gasteiger partial charge >= 0.3 is 10.3 Å². The van der Waals surface area contributed by atoms with E-state index < -0.39 is 28.7 Å². The maximum atomic E-state index is 10.6. The van der Waals surface area contributed by atoms with E-state index in [0.717, 1.165) is 0 Å². The topological polar surface area (TPSA) is 105 Å². The van der Waals surface area contributed by atoms with E-state index in [1.807, 2.05) is 4.72 Å². The van der Waals surface area contributed by atoms with Gasteiger partial charge in [0.2, 0.25) is 0 Å². The third kappa shape index (κ3) is 2.14. The molecule has 5 unspecified atom stereocenters. The molecule has 7 nitrogen and oxygen atoms in total. The van der Waals surface area contributed by atoms with Gasteiger partial charge in [-0.15, -0.1) is 0 Å². The molecule has 2 aliphatic rings. The van der Waals surface area contributed by atoms with E-state index >= 15 is 0 Å². The van der Waals surface area contributed by atoms with Crippen LogP contribution in [0.1, 0.15) is 6.92 Å². The number of hydrogen-bond donors (Lipinski definition) is 3. The SMILES string of the molecule is CC1C2COC(O2)C(NS(=O)(=O)O)C1O. The van der Waals surface area contributed by atoms with Gasteiger partial charge in [-0.25, -0.2) is 0 Å². The first-order valence-corrected chi connectivity index (χ1v) is 6.02. The number of aliphatic hydroxyl groups is 1. The molecule has 8 heteroatoms. The Bertz CT molecular complexity index is 343. The second-order valence-electron chi connectivity index (χ2n) is 3.84. The van der Waals surface area contributed by atoms with Crippen molar-refractivity contribution in [3.8, 4) is 0 Å². The van der Waals surface area contributed by atoms with Gasteiger partial charge in [0.05, 0.1) is 18.8 Å². The van der Waals surface area contributed by atoms with Crippen LogP contribution in [0.15, 0.2) is 0 Å². The average molecular weight is 239 g/mol. The standard InChI is InChI=1S/C7H13NO6S/c1-3-4-2-13-7(14-4)5(6(3)9)8-15(10,11)12/h3-9H,2H2,1H3,(H,10,11,12). The van der Waals surface area contributed by atoms with Crippen LogP contribution in [-0.4, -0.2) is 49.2 Å². The lowest BCUT2D eigenvalue weighted by Gasteiger charge is -2.36. The van der Waals surface area contributed by atoms with Gasteiger partial charge in [-0.1, -0.05) is 6.92 Å². The molecule has 2 bridgehead atoms. The van der Waals surface area contributed by atoms with Crippen LogP contribution in [0.3, 0.4) is 0 Å². The van der Waals surface area contributed by atoms with Crippen molar-refractivity contribution in [1.82, 2.24) is 4.72 Å². The summed E-state index contributed by atoms with van der Waals surface area (Å²) in [5.41, 5.74) is 0. The number of hydrogen-bond acceptors (Lipinski definition) is 5. The molecular formula is C7H13NO6S. The van der Waals surface area contributed by atoms with Crippen molar-refractivity contribution in [1.29, 1.82) is 0 Å². The van der Waals surface area contributed by atoms with Gasteiger partial charge in [0.1, 0.15) is 6.04 Å². The zero-order valence-electron chi connectivity index (χ0n) is 8.03. The van der Waals surface area contributed by atoms with Crippen LogP contribution in [0.4, 0.5) is 0 Å². The van der Waals surface area contributed by atoms with Crippen molar-refractivity contribution in [3.05, 3.63) is 0 Å². The van der Waals surface area contributed by atoms with E-state index in [0.29, 0.717) is 6.61 Å². The molecule has 0 saturated carbocycles. The van der Waals surface area contributed by atoms with Gasteiger partial charge in [0.15, 0.2) is 6.29 Å². The normalized spacial score (nSPS) is 45.7. The quantitative estimate of drug-likeness (QED) is 0.506. The van der Waals surface area contributed by atoms with E-state index in [2.05, 4.69) is 0 Å². The number of ether oxygens (including phenoxy) is 2. The smallest absolute Gasteiger partial charge is 0.333 e. The molecule has 0 spiro atoms. The monoisotopic (exact) mass is 239 g/mol. The second-order valence-corrected chi connectivity index (χ2v) is 5.03. The summed E-state index contributed by atoms with van der Waals surface area (Å²) in [7, 11) is -4.37. The number of aliphatic hydroxyl groups excluding tert-OH is 1. The zero-order chi connectivity index (χ0) is 11.2. The summed E-state index contributed by atoms with van der Waals surface area (Å²) in [6, 6.07) is -0.964. The molecule has 88 valence electrons. The maximum Gasteiger partial charge on any atom is 0.333 e. The Labute approximate surface area is 87.3 Å². The summed E-state index contributed by atoms with van der Waals surface area (Å²) < 4.78 is 42.3. The minimum absolute atomic E-state index is 0.218. The first kappa shape index (κ1) is 11.2. The number of nitrogens with one attached hydrogen (secondary N) is 1. The number of fused-ring (bicyclic) bond motifs is 2. The van der Waals surface area contributed by atoms with Gasteiger partial charge in [0.25, 0.3) is 0 Å². The van der Waals surface area contributed by atoms with E-state index in [1.54, 1.807) is 6.92 Å². The van der Waals surface area contributed by atoms with E-state index in [4.69, 9.17) is 14.0 Å². The molecule has 2 rings (SSSR count). The first-order valence-electron chi connectivity index (χ1n) is 4.58. The highest BCUT2D eigenvalue weighted by Crippen LogP contribution is 2.32. The molecule has 2 heterocycles. The Morgan fingerprint density at radius 3 is 2.73 bits per heavy atom. The van der Waals surface area contributed by atoms with Crippen molar-refractivity contribution in [3.63, 3.8) is 0 Å². The molecule has 0 aromatic rings. The lowest BCUT2D eigenvalue weighted by molar-refractivity contribution is -0.156. The van der Waals surface area contributed by atoms with Crippen molar-refractivity contribution in [2.45, 2.75) is 31.5 Å². The van der Waals surface area contributed by atoms with Crippen LogP contribution in [-0.2, 0) is 19.8 Å². The summed E-state index contributed by atoms with van der Waals surface area (Å²) in [4.78, 5) is 0. The fourth-order valence-corrected chi connectivity index (χ4v) is 2.50. The van der Waals surface area contributed by atoms with Gasteiger partial charge in [-0.3, -0.25) is 4.55 Å². The second kappa shape index (κ2) is 3.65. The lowest BCUT2D eigenvalue weighted by Crippen LogP contribution is -2.57. The van der Waals surface area contributed by atoms with E-state index in [-0.39, 0.29) is 12.0 Å². The third-order valence-corrected chi connectivity index (χ3v) is 3.38. The third-order valence-electron chi connectivity index (χ3n) is 2.80. The molecule has 0 aromatic heterocycles. The lowest BCUT2D eigenvalue weighted by atomic mass is 9.91. The predicted octanol–water partition coefficient (Wildman–Crippen LogP) is -1.50. The van der Waals surface area contributed by atoms with Crippen molar-refractivity contribution in [2.24, 2.45) is 5.92 Å². The minimum Gasteiger partial charge on any atom is -0.391 e. The molecule has 2 saturated heterocycles. The van der Waals surface area contributed by atoms with Gasteiger partial charge < -0.3 is 14.6 Å². The van der Waals surface area contributed by atoms with Crippen LogP contribution in [0.2, 0.25) is 0 Å². The Morgan fingerprint density at radius 2 is 2.13 bits per heavy atom. The minimum atomic E-state index is -4.37. The fourth-order valence-electron chi connectivity index (χ4n) is 1.91. The van der Waals surface area contributed by atoms with Gasteiger partial charge in [-0.2, -0.15) is 13.1 Å². The molecule has 0 amide bonds. The zero-order valence-corrected chi connectivity index (χ0v) is 8.85. The molecule has 2 fully saturated rings. The molecule has 2 aliphatic heterocycles. The molecule has 5 atom stereocenters. The van der Waals surface area contributed by atoms with Crippen LogP contribution in [0.25, 0.3) is 0 Å². The summed E-state index contributed by atoms with van der Waals surface area (Å²) in [6.07, 6.45) is -1.98. The molecule has 15 heavy (non-hydrogen) atoms. The van der Waals surface area contributed by atoms with Crippen LogP contribution >= 0.6 is 0 Å². The summed E-state index contributed by atoms with van der Waals surface area (Å²) in [5.74, 6) is -0.247. The maximum absolute atomic E-state index is 10.6. The molecular weight excluding hydrogens is 226 g/mol. The van der Waals surface area contributed by atoms with Crippen LogP contribution < -0.4 is 4.72 Å². The highest BCUT2D eigenvalue weighted by Gasteiger charge is 2.49. The highest BCUT2D eigenvalue weighted by molar-refractivity contribution is 7.83. The van der Waals surface area contributed by atoms with E-state index in [1.165, 1.54) is 0 Å². The Morgan fingerprint density at radius 1 is 1.47 bits per heavy atom. The Hall–Kier alpha value is -0.250. The van der Waals surface area contributed by atoms with Crippen molar-refractivity contribution >= 4 is 10.3 Å². The Balaban J connectivity index is 2.16. The average Bonchev–Trinajstić information content (AvgIpc) is 2.54. The number of rotatable bonds is 2. The Kier molecular flexibility index (Phi) is 2.73. The molecule has 0 aliphatic carbocycles. The highest BCUT2D eigenvalue weighted by atomic mass is 32.2. The summed E-state index contributed by atoms with van der Waals surface area (Å²) in [5, 5.41) is 9.78. The molecule has 0 aromatic carbocycles. The van der Waals surface area contributed by atoms with Crippen molar-refractivity contribution in [2.75, 3.05) is 6.61 Å². The largest absolute Gasteiger partial charge is 0.391 e. The van der Waals surface area contributed by atoms with E-state index in [9.17, 15) is 13.5 Å². The van der Waals surface area contributed by atoms with Crippen LogP contribution in [0, 0.1) is 5.92 Å². The van der Waals surface area contributed by atoms with Crippen LogP contribution in [0.5, 0.6) is 0 Å².